The molecule has 2 aliphatic rings. The quantitative estimate of drug-likeness (QED) is 0.840. The highest BCUT2D eigenvalue weighted by atomic mass is 32.1. The van der Waals surface area contributed by atoms with Crippen molar-refractivity contribution < 1.29 is 9.13 Å². The van der Waals surface area contributed by atoms with Crippen molar-refractivity contribution >= 4 is 17.3 Å². The molecule has 2 fully saturated rings. The van der Waals surface area contributed by atoms with Crippen molar-refractivity contribution in [3.8, 4) is 0 Å². The molecule has 2 aromatic heterocycles. The number of hydrogen-bond acceptors (Lipinski definition) is 6. The smallest absolute Gasteiger partial charge is 0.225 e. The molecule has 1 spiro atoms. The van der Waals surface area contributed by atoms with E-state index in [-0.39, 0.29) is 5.60 Å². The van der Waals surface area contributed by atoms with Crippen LogP contribution in [-0.2, 0) is 11.3 Å². The normalized spacial score (nSPS) is 21.0. The number of morpholine rings is 1. The number of piperidine rings is 1. The van der Waals surface area contributed by atoms with Gasteiger partial charge in [-0.3, -0.25) is 4.90 Å². The second kappa shape index (κ2) is 6.97. The maximum absolute atomic E-state index is 13.1. The summed E-state index contributed by atoms with van der Waals surface area (Å²) < 4.78 is 19.2. The fourth-order valence-electron chi connectivity index (χ4n) is 3.70. The summed E-state index contributed by atoms with van der Waals surface area (Å²) in [5.74, 6) is 0.199. The van der Waals surface area contributed by atoms with Crippen molar-refractivity contribution in [2.24, 2.45) is 0 Å². The molecule has 7 heteroatoms. The van der Waals surface area contributed by atoms with Gasteiger partial charge in [0.2, 0.25) is 5.95 Å². The Kier molecular flexibility index (Phi) is 4.71. The standard InChI is InChI=1S/C18H23FN4OS/c1-14-2-3-16(25-14)12-22-6-4-18(5-7-22)13-23(8-9-24-18)17-20-10-15(19)11-21-17/h2-3,10-11H,4-9,12-13H2,1H3. The third-order valence-corrected chi connectivity index (χ3v) is 6.07. The molecule has 2 aliphatic heterocycles. The van der Waals surface area contributed by atoms with Crippen LogP contribution in [-0.4, -0.2) is 53.3 Å². The first-order valence-electron chi connectivity index (χ1n) is 8.76. The molecule has 4 rings (SSSR count). The van der Waals surface area contributed by atoms with Gasteiger partial charge in [0.05, 0.1) is 31.1 Å². The lowest BCUT2D eigenvalue weighted by molar-refractivity contribution is -0.0923. The van der Waals surface area contributed by atoms with Gasteiger partial charge in [-0.1, -0.05) is 0 Å². The van der Waals surface area contributed by atoms with E-state index >= 15 is 0 Å². The van der Waals surface area contributed by atoms with E-state index in [0.29, 0.717) is 12.6 Å². The summed E-state index contributed by atoms with van der Waals surface area (Å²) in [7, 11) is 0. The number of anilines is 1. The minimum Gasteiger partial charge on any atom is -0.371 e. The van der Waals surface area contributed by atoms with Gasteiger partial charge < -0.3 is 9.64 Å². The Hall–Kier alpha value is -1.57. The lowest BCUT2D eigenvalue weighted by Crippen LogP contribution is -2.57. The van der Waals surface area contributed by atoms with E-state index < -0.39 is 5.82 Å². The van der Waals surface area contributed by atoms with Crippen molar-refractivity contribution in [3.63, 3.8) is 0 Å². The summed E-state index contributed by atoms with van der Waals surface area (Å²) in [5.41, 5.74) is -0.127. The SMILES string of the molecule is Cc1ccc(CN2CCC3(CC2)CN(c2ncc(F)cn2)CCO3)s1. The molecule has 0 radical (unpaired) electrons. The summed E-state index contributed by atoms with van der Waals surface area (Å²) in [6.45, 7) is 7.46. The molecule has 0 unspecified atom stereocenters. The van der Waals surface area contributed by atoms with Gasteiger partial charge in [-0.2, -0.15) is 0 Å². The third kappa shape index (κ3) is 3.83. The Bertz CT molecular complexity index is 712. The van der Waals surface area contributed by atoms with Gasteiger partial charge in [-0.15, -0.1) is 11.3 Å². The van der Waals surface area contributed by atoms with Crippen molar-refractivity contribution in [3.05, 3.63) is 40.1 Å². The van der Waals surface area contributed by atoms with Crippen LogP contribution in [0.3, 0.4) is 0 Å². The van der Waals surface area contributed by atoms with Crippen LogP contribution in [0.25, 0.3) is 0 Å². The molecule has 0 amide bonds. The number of likely N-dealkylation sites (tertiary alicyclic amines) is 1. The highest BCUT2D eigenvalue weighted by Gasteiger charge is 2.40. The molecule has 0 bridgehead atoms. The van der Waals surface area contributed by atoms with Crippen LogP contribution in [0.15, 0.2) is 24.5 Å². The van der Waals surface area contributed by atoms with Crippen LogP contribution >= 0.6 is 11.3 Å². The Morgan fingerprint density at radius 1 is 1.20 bits per heavy atom. The molecular weight excluding hydrogens is 339 g/mol. The average molecular weight is 362 g/mol. The molecule has 2 saturated heterocycles. The second-order valence-electron chi connectivity index (χ2n) is 6.94. The monoisotopic (exact) mass is 362 g/mol. The number of aryl methyl sites for hydroxylation is 1. The third-order valence-electron chi connectivity index (χ3n) is 5.08. The van der Waals surface area contributed by atoms with Gasteiger partial charge in [-0.05, 0) is 31.9 Å². The summed E-state index contributed by atoms with van der Waals surface area (Å²) in [4.78, 5) is 15.7. The summed E-state index contributed by atoms with van der Waals surface area (Å²) >= 11 is 1.88. The van der Waals surface area contributed by atoms with Crippen molar-refractivity contribution in [1.29, 1.82) is 0 Å². The Morgan fingerprint density at radius 3 is 2.64 bits per heavy atom. The van der Waals surface area contributed by atoms with Crippen LogP contribution in [0.2, 0.25) is 0 Å². The van der Waals surface area contributed by atoms with E-state index in [2.05, 4.69) is 38.8 Å². The highest BCUT2D eigenvalue weighted by molar-refractivity contribution is 7.11. The van der Waals surface area contributed by atoms with Gasteiger partial charge >= 0.3 is 0 Å². The van der Waals surface area contributed by atoms with E-state index in [1.165, 1.54) is 22.1 Å². The van der Waals surface area contributed by atoms with E-state index in [9.17, 15) is 4.39 Å². The molecule has 2 aromatic rings. The molecule has 5 nitrogen and oxygen atoms in total. The first kappa shape index (κ1) is 16.9. The summed E-state index contributed by atoms with van der Waals surface area (Å²) in [6, 6.07) is 4.42. The number of aromatic nitrogens is 2. The van der Waals surface area contributed by atoms with Gasteiger partial charge in [-0.25, -0.2) is 14.4 Å². The summed E-state index contributed by atoms with van der Waals surface area (Å²) in [6.07, 6.45) is 4.48. The van der Waals surface area contributed by atoms with Gasteiger partial charge in [0.15, 0.2) is 5.82 Å². The number of thiophene rings is 1. The van der Waals surface area contributed by atoms with Crippen LogP contribution in [0.5, 0.6) is 0 Å². The first-order valence-corrected chi connectivity index (χ1v) is 9.58. The summed E-state index contributed by atoms with van der Waals surface area (Å²) in [5, 5.41) is 0. The zero-order valence-electron chi connectivity index (χ0n) is 14.4. The van der Waals surface area contributed by atoms with E-state index in [1.54, 1.807) is 0 Å². The van der Waals surface area contributed by atoms with Crippen molar-refractivity contribution in [1.82, 2.24) is 14.9 Å². The zero-order chi connectivity index (χ0) is 17.3. The second-order valence-corrected chi connectivity index (χ2v) is 8.32. The zero-order valence-corrected chi connectivity index (χ0v) is 15.3. The minimum atomic E-state index is -0.399. The lowest BCUT2D eigenvalue weighted by Gasteiger charge is -2.47. The van der Waals surface area contributed by atoms with E-state index in [0.717, 1.165) is 45.6 Å². The largest absolute Gasteiger partial charge is 0.371 e. The predicted octanol–water partition coefficient (Wildman–Crippen LogP) is 2.86. The fourth-order valence-corrected chi connectivity index (χ4v) is 4.63. The Balaban J connectivity index is 1.37. The minimum absolute atomic E-state index is 0.127. The molecule has 134 valence electrons. The maximum Gasteiger partial charge on any atom is 0.225 e. The molecular formula is C18H23FN4OS. The average Bonchev–Trinajstić information content (AvgIpc) is 3.03. The van der Waals surface area contributed by atoms with Crippen LogP contribution in [0.4, 0.5) is 10.3 Å². The van der Waals surface area contributed by atoms with E-state index in [1.807, 2.05) is 11.3 Å². The van der Waals surface area contributed by atoms with Crippen LogP contribution in [0.1, 0.15) is 22.6 Å². The molecule has 0 aliphatic carbocycles. The predicted molar refractivity (Wildman–Crippen MR) is 96.5 cm³/mol. The van der Waals surface area contributed by atoms with Gasteiger partial charge in [0.25, 0.3) is 0 Å². The van der Waals surface area contributed by atoms with Gasteiger partial charge in [0.1, 0.15) is 0 Å². The molecule has 0 atom stereocenters. The van der Waals surface area contributed by atoms with Crippen LogP contribution < -0.4 is 4.90 Å². The molecule has 0 saturated carbocycles. The number of halogens is 1. The van der Waals surface area contributed by atoms with Crippen LogP contribution in [0, 0.1) is 12.7 Å². The Morgan fingerprint density at radius 2 is 1.96 bits per heavy atom. The van der Waals surface area contributed by atoms with E-state index in [4.69, 9.17) is 4.74 Å². The molecule has 0 N–H and O–H groups in total. The Labute approximate surface area is 151 Å². The molecule has 4 heterocycles. The topological polar surface area (TPSA) is 41.5 Å². The molecule has 25 heavy (non-hydrogen) atoms. The molecule has 0 aromatic carbocycles. The fraction of sp³-hybridized carbons (Fsp3) is 0.556. The lowest BCUT2D eigenvalue weighted by atomic mass is 9.89. The first-order chi connectivity index (χ1) is 12.1. The highest BCUT2D eigenvalue weighted by Crippen LogP contribution is 2.32. The maximum atomic E-state index is 13.1. The van der Waals surface area contributed by atoms with Crippen molar-refractivity contribution in [2.45, 2.75) is 31.9 Å². The number of ether oxygens (including phenoxy) is 1. The number of rotatable bonds is 3. The number of nitrogens with zero attached hydrogens (tertiary/aromatic N) is 4. The van der Waals surface area contributed by atoms with Gasteiger partial charge in [0, 0.05) is 35.9 Å². The number of hydrogen-bond donors (Lipinski definition) is 0. The van der Waals surface area contributed by atoms with Crippen molar-refractivity contribution in [2.75, 3.05) is 37.7 Å².